The van der Waals surface area contributed by atoms with Crippen LogP contribution in [0, 0.1) is 5.92 Å². The molecule has 2 aromatic rings. The predicted octanol–water partition coefficient (Wildman–Crippen LogP) is 4.48. The average molecular weight is 480 g/mol. The van der Waals surface area contributed by atoms with Crippen LogP contribution in [-0.2, 0) is 10.2 Å². The number of amides is 1. The van der Waals surface area contributed by atoms with E-state index in [4.69, 9.17) is 10.8 Å². The number of primary amides is 1. The number of nitrogens with zero attached hydrogens (tertiary/aromatic N) is 1. The molecule has 0 bridgehead atoms. The maximum Gasteiger partial charge on any atom is 0.232 e. The van der Waals surface area contributed by atoms with E-state index < -0.39 is 5.41 Å². The van der Waals surface area contributed by atoms with E-state index in [0.717, 1.165) is 43.7 Å². The van der Waals surface area contributed by atoms with E-state index in [1.165, 1.54) is 44.9 Å². The SMILES string of the molecule is C[C@H](CO)NCCCCCCCCCN1CCC(C(C(N)=O)(c2ccccc2)c2ccccc2)C1. The number of carbonyl (C=O) groups excluding carboxylic acids is 1. The standard InChI is InChI=1S/C30H45N3O2/c1-25(24-34)32-20-13-5-3-2-4-6-14-21-33-22-19-28(23-33)30(29(31)35,26-15-9-7-10-16-26)27-17-11-8-12-18-27/h7-12,15-18,25,28,32,34H,2-6,13-14,19-24H2,1H3,(H2,31,35)/t25-,28?/m1/s1. The summed E-state index contributed by atoms with van der Waals surface area (Å²) in [6, 6.07) is 20.5. The number of unbranched alkanes of at least 4 members (excludes halogenated alkanes) is 6. The van der Waals surface area contributed by atoms with Gasteiger partial charge in [0.05, 0.1) is 6.61 Å². The first kappa shape index (κ1) is 27.4. The molecule has 5 nitrogen and oxygen atoms in total. The molecule has 0 spiro atoms. The fraction of sp³-hybridized carbons (Fsp3) is 0.567. The summed E-state index contributed by atoms with van der Waals surface area (Å²) >= 11 is 0. The number of carbonyl (C=O) groups is 1. The molecule has 192 valence electrons. The molecular formula is C30H45N3O2. The molecule has 1 aliphatic heterocycles. The highest BCUT2D eigenvalue weighted by Crippen LogP contribution is 2.43. The van der Waals surface area contributed by atoms with Gasteiger partial charge in [0.15, 0.2) is 0 Å². The molecule has 1 unspecified atom stereocenters. The molecule has 0 saturated carbocycles. The third kappa shape index (κ3) is 7.39. The molecule has 0 radical (unpaired) electrons. The number of rotatable bonds is 16. The van der Waals surface area contributed by atoms with Crippen molar-refractivity contribution in [3.05, 3.63) is 71.8 Å². The number of aliphatic hydroxyl groups is 1. The summed E-state index contributed by atoms with van der Waals surface area (Å²) in [6.07, 6.45) is 9.77. The van der Waals surface area contributed by atoms with Gasteiger partial charge in [0.25, 0.3) is 0 Å². The number of hydrogen-bond donors (Lipinski definition) is 3. The van der Waals surface area contributed by atoms with E-state index in [1.807, 2.05) is 43.3 Å². The van der Waals surface area contributed by atoms with E-state index in [9.17, 15) is 4.79 Å². The number of benzene rings is 2. The van der Waals surface area contributed by atoms with Gasteiger partial charge in [0.1, 0.15) is 5.41 Å². The Morgan fingerprint density at radius 2 is 1.51 bits per heavy atom. The topological polar surface area (TPSA) is 78.6 Å². The van der Waals surface area contributed by atoms with Gasteiger partial charge in [-0.15, -0.1) is 0 Å². The van der Waals surface area contributed by atoms with Crippen molar-refractivity contribution in [3.8, 4) is 0 Å². The first-order valence-corrected chi connectivity index (χ1v) is 13.6. The second-order valence-electron chi connectivity index (χ2n) is 10.2. The van der Waals surface area contributed by atoms with Crippen LogP contribution in [0.5, 0.6) is 0 Å². The molecule has 0 aliphatic carbocycles. The minimum Gasteiger partial charge on any atom is -0.395 e. The summed E-state index contributed by atoms with van der Waals surface area (Å²) in [4.78, 5) is 15.7. The molecule has 3 rings (SSSR count). The lowest BCUT2D eigenvalue weighted by atomic mass is 9.64. The summed E-state index contributed by atoms with van der Waals surface area (Å²) in [6.45, 7) is 6.25. The number of hydrogen-bond acceptors (Lipinski definition) is 4. The molecule has 0 aromatic heterocycles. The van der Waals surface area contributed by atoms with Crippen LogP contribution in [-0.4, -0.2) is 54.7 Å². The normalized spacial score (nSPS) is 17.5. The fourth-order valence-corrected chi connectivity index (χ4v) is 5.67. The van der Waals surface area contributed by atoms with Crippen LogP contribution in [0.4, 0.5) is 0 Å². The highest BCUT2D eigenvalue weighted by atomic mass is 16.3. The fourth-order valence-electron chi connectivity index (χ4n) is 5.67. The largest absolute Gasteiger partial charge is 0.395 e. The van der Waals surface area contributed by atoms with Crippen molar-refractivity contribution in [2.75, 3.05) is 32.8 Å². The number of likely N-dealkylation sites (tertiary alicyclic amines) is 1. The molecule has 1 saturated heterocycles. The zero-order valence-corrected chi connectivity index (χ0v) is 21.5. The molecule has 4 N–H and O–H groups in total. The Hall–Kier alpha value is -2.21. The molecule has 2 atom stereocenters. The summed E-state index contributed by atoms with van der Waals surface area (Å²) in [5.41, 5.74) is 7.43. The highest BCUT2D eigenvalue weighted by Gasteiger charge is 2.49. The molecule has 1 heterocycles. The van der Waals surface area contributed by atoms with Gasteiger partial charge in [-0.2, -0.15) is 0 Å². The van der Waals surface area contributed by atoms with Crippen LogP contribution >= 0.6 is 0 Å². The van der Waals surface area contributed by atoms with Gasteiger partial charge < -0.3 is 21.1 Å². The van der Waals surface area contributed by atoms with Gasteiger partial charge in [0, 0.05) is 12.6 Å². The van der Waals surface area contributed by atoms with Crippen molar-refractivity contribution in [1.29, 1.82) is 0 Å². The quantitative estimate of drug-likeness (QED) is 0.310. The van der Waals surface area contributed by atoms with Crippen LogP contribution in [0.3, 0.4) is 0 Å². The molecule has 35 heavy (non-hydrogen) atoms. The Balaban J connectivity index is 1.47. The van der Waals surface area contributed by atoms with Crippen molar-refractivity contribution >= 4 is 5.91 Å². The van der Waals surface area contributed by atoms with Gasteiger partial charge in [-0.1, -0.05) is 92.8 Å². The smallest absolute Gasteiger partial charge is 0.232 e. The van der Waals surface area contributed by atoms with E-state index in [1.54, 1.807) is 0 Å². The highest BCUT2D eigenvalue weighted by molar-refractivity contribution is 5.91. The molecule has 1 fully saturated rings. The van der Waals surface area contributed by atoms with Crippen molar-refractivity contribution in [2.24, 2.45) is 11.7 Å². The maximum absolute atomic E-state index is 13.2. The zero-order chi connectivity index (χ0) is 24.9. The first-order valence-electron chi connectivity index (χ1n) is 13.6. The van der Waals surface area contributed by atoms with Crippen molar-refractivity contribution in [2.45, 2.75) is 69.7 Å². The minimum absolute atomic E-state index is 0.173. The van der Waals surface area contributed by atoms with Gasteiger partial charge in [-0.3, -0.25) is 4.79 Å². The summed E-state index contributed by atoms with van der Waals surface area (Å²) in [5, 5.41) is 12.4. The van der Waals surface area contributed by atoms with E-state index in [0.29, 0.717) is 0 Å². The summed E-state index contributed by atoms with van der Waals surface area (Å²) < 4.78 is 0. The van der Waals surface area contributed by atoms with E-state index in [-0.39, 0.29) is 24.5 Å². The third-order valence-electron chi connectivity index (χ3n) is 7.65. The maximum atomic E-state index is 13.2. The number of nitrogens with one attached hydrogen (secondary N) is 1. The Labute approximate surface area is 212 Å². The van der Waals surface area contributed by atoms with Crippen molar-refractivity contribution in [3.63, 3.8) is 0 Å². The lowest BCUT2D eigenvalue weighted by molar-refractivity contribution is -0.123. The van der Waals surface area contributed by atoms with Crippen LogP contribution in [0.25, 0.3) is 0 Å². The van der Waals surface area contributed by atoms with Crippen LogP contribution < -0.4 is 11.1 Å². The monoisotopic (exact) mass is 479 g/mol. The average Bonchev–Trinajstić information content (AvgIpc) is 3.35. The lowest BCUT2D eigenvalue weighted by Crippen LogP contribution is -2.49. The van der Waals surface area contributed by atoms with E-state index in [2.05, 4.69) is 34.5 Å². The first-order chi connectivity index (χ1) is 17.1. The number of nitrogens with two attached hydrogens (primary N) is 1. The third-order valence-corrected chi connectivity index (χ3v) is 7.65. The van der Waals surface area contributed by atoms with Crippen LogP contribution in [0.1, 0.15) is 69.4 Å². The van der Waals surface area contributed by atoms with Gasteiger partial charge in [-0.25, -0.2) is 0 Å². The van der Waals surface area contributed by atoms with Crippen LogP contribution in [0.15, 0.2) is 60.7 Å². The van der Waals surface area contributed by atoms with Crippen molar-refractivity contribution in [1.82, 2.24) is 10.2 Å². The lowest BCUT2D eigenvalue weighted by Gasteiger charge is -2.37. The van der Waals surface area contributed by atoms with Gasteiger partial charge >= 0.3 is 0 Å². The van der Waals surface area contributed by atoms with Gasteiger partial charge in [0.2, 0.25) is 5.91 Å². The molecule has 1 amide bonds. The molecule has 5 heteroatoms. The zero-order valence-electron chi connectivity index (χ0n) is 21.5. The predicted molar refractivity (Wildman–Crippen MR) is 144 cm³/mol. The molecule has 2 aromatic carbocycles. The number of aliphatic hydroxyl groups excluding tert-OH is 1. The summed E-state index contributed by atoms with van der Waals surface area (Å²) in [7, 11) is 0. The van der Waals surface area contributed by atoms with Gasteiger partial charge in [-0.05, 0) is 62.9 Å². The Morgan fingerprint density at radius 3 is 2.06 bits per heavy atom. The minimum atomic E-state index is -0.791. The second kappa shape index (κ2) is 14.4. The second-order valence-corrected chi connectivity index (χ2v) is 10.2. The Bertz CT molecular complexity index is 819. The Kier molecular flexibility index (Phi) is 11.2. The van der Waals surface area contributed by atoms with Crippen LogP contribution in [0.2, 0.25) is 0 Å². The van der Waals surface area contributed by atoms with Crippen molar-refractivity contribution < 1.29 is 9.90 Å². The van der Waals surface area contributed by atoms with E-state index >= 15 is 0 Å². The molecule has 1 aliphatic rings. The molecular weight excluding hydrogens is 434 g/mol. The Morgan fingerprint density at radius 1 is 0.971 bits per heavy atom. The summed E-state index contributed by atoms with van der Waals surface area (Å²) in [5.74, 6) is -0.0743.